The molecule has 16 heavy (non-hydrogen) atoms. The summed E-state index contributed by atoms with van der Waals surface area (Å²) in [5.41, 5.74) is 1.33. The summed E-state index contributed by atoms with van der Waals surface area (Å²) in [6, 6.07) is 1.12. The lowest BCUT2D eigenvalue weighted by molar-refractivity contribution is -0.131. The van der Waals surface area contributed by atoms with Gasteiger partial charge in [-0.05, 0) is 46.5 Å². The van der Waals surface area contributed by atoms with Crippen LogP contribution >= 0.6 is 0 Å². The predicted molar refractivity (Wildman–Crippen MR) is 63.4 cm³/mol. The molecular weight excluding hydrogens is 202 g/mol. The number of rotatable bonds is 1. The molecule has 0 spiro atoms. The van der Waals surface area contributed by atoms with Gasteiger partial charge in [0.2, 0.25) is 0 Å². The number of hydrogen-bond donors (Lipinski definition) is 1. The smallest absolute Gasteiger partial charge is 0.328 e. The number of piperidine rings is 1. The highest BCUT2D eigenvalue weighted by Gasteiger charge is 2.43. The monoisotopic (exact) mass is 223 g/mol. The Morgan fingerprint density at radius 1 is 1.31 bits per heavy atom. The van der Waals surface area contributed by atoms with Crippen molar-refractivity contribution in [3.05, 3.63) is 11.6 Å². The maximum absolute atomic E-state index is 10.7. The average Bonchev–Trinajstić information content (AvgIpc) is 2.37. The summed E-state index contributed by atoms with van der Waals surface area (Å²) in [7, 11) is 0. The van der Waals surface area contributed by atoms with Crippen molar-refractivity contribution in [3.63, 3.8) is 0 Å². The van der Waals surface area contributed by atoms with Gasteiger partial charge in [0.05, 0.1) is 0 Å². The fourth-order valence-electron chi connectivity index (χ4n) is 3.44. The molecule has 2 bridgehead atoms. The summed E-state index contributed by atoms with van der Waals surface area (Å²) >= 11 is 0. The SMILES string of the molecule is CC(C)(C)N1C2CCC1CC(=CC(=O)O)C2. The zero-order valence-corrected chi connectivity index (χ0v) is 10.4. The molecule has 2 saturated heterocycles. The number of aliphatic carboxylic acids is 1. The first-order valence-electron chi connectivity index (χ1n) is 6.09. The molecule has 1 N–H and O–H groups in total. The molecule has 2 rings (SSSR count). The molecule has 0 amide bonds. The number of hydrogen-bond acceptors (Lipinski definition) is 2. The highest BCUT2D eigenvalue weighted by Crippen LogP contribution is 2.42. The molecule has 0 aromatic rings. The fourth-order valence-corrected chi connectivity index (χ4v) is 3.44. The van der Waals surface area contributed by atoms with Crippen LogP contribution in [0.4, 0.5) is 0 Å². The van der Waals surface area contributed by atoms with Gasteiger partial charge in [-0.1, -0.05) is 5.57 Å². The molecule has 2 aliphatic rings. The molecule has 0 aromatic heterocycles. The molecule has 0 saturated carbocycles. The van der Waals surface area contributed by atoms with Crippen LogP contribution in [0.5, 0.6) is 0 Å². The number of carbonyl (C=O) groups is 1. The minimum Gasteiger partial charge on any atom is -0.478 e. The van der Waals surface area contributed by atoms with E-state index in [9.17, 15) is 4.79 Å². The Kier molecular flexibility index (Phi) is 2.82. The molecule has 0 aromatic carbocycles. The maximum atomic E-state index is 10.7. The highest BCUT2D eigenvalue weighted by molar-refractivity contribution is 5.80. The van der Waals surface area contributed by atoms with Crippen LogP contribution in [0.1, 0.15) is 46.5 Å². The third-order valence-corrected chi connectivity index (χ3v) is 3.72. The van der Waals surface area contributed by atoms with Crippen molar-refractivity contribution in [1.29, 1.82) is 0 Å². The lowest BCUT2D eigenvalue weighted by Gasteiger charge is -2.45. The largest absolute Gasteiger partial charge is 0.478 e. The quantitative estimate of drug-likeness (QED) is 0.694. The van der Waals surface area contributed by atoms with Crippen LogP contribution in [0.2, 0.25) is 0 Å². The van der Waals surface area contributed by atoms with Crippen LogP contribution in [0.15, 0.2) is 11.6 Å². The van der Waals surface area contributed by atoms with Gasteiger partial charge in [-0.2, -0.15) is 0 Å². The van der Waals surface area contributed by atoms with Crippen LogP contribution < -0.4 is 0 Å². The average molecular weight is 223 g/mol. The molecule has 0 radical (unpaired) electrons. The Balaban J connectivity index is 2.16. The Morgan fingerprint density at radius 3 is 2.19 bits per heavy atom. The molecule has 3 heteroatoms. The molecule has 2 unspecified atom stereocenters. The third kappa shape index (κ3) is 2.14. The lowest BCUT2D eigenvalue weighted by atomic mass is 9.91. The first-order chi connectivity index (χ1) is 7.38. The van der Waals surface area contributed by atoms with Crippen molar-refractivity contribution < 1.29 is 9.90 Å². The molecule has 2 fully saturated rings. The van der Waals surface area contributed by atoms with E-state index < -0.39 is 5.97 Å². The summed E-state index contributed by atoms with van der Waals surface area (Å²) in [4.78, 5) is 13.3. The standard InChI is InChI=1S/C13H21NO2/c1-13(2,3)14-10-4-5-11(14)7-9(6-10)8-12(15)16/h8,10-11H,4-7H2,1-3H3,(H,15,16). The summed E-state index contributed by atoms with van der Waals surface area (Å²) in [6.07, 6.45) is 5.75. The van der Waals surface area contributed by atoms with Crippen molar-refractivity contribution in [2.24, 2.45) is 0 Å². The molecule has 2 heterocycles. The van der Waals surface area contributed by atoms with Gasteiger partial charge in [0.15, 0.2) is 0 Å². The van der Waals surface area contributed by atoms with E-state index in [0.29, 0.717) is 12.1 Å². The summed E-state index contributed by atoms with van der Waals surface area (Å²) in [5, 5.41) is 8.79. The van der Waals surface area contributed by atoms with Crippen molar-refractivity contribution in [2.75, 3.05) is 0 Å². The zero-order valence-electron chi connectivity index (χ0n) is 10.4. The molecular formula is C13H21NO2. The Hall–Kier alpha value is -0.830. The molecule has 2 aliphatic heterocycles. The van der Waals surface area contributed by atoms with Crippen LogP contribution in [0.25, 0.3) is 0 Å². The van der Waals surface area contributed by atoms with Crippen molar-refractivity contribution >= 4 is 5.97 Å². The third-order valence-electron chi connectivity index (χ3n) is 3.72. The van der Waals surface area contributed by atoms with Crippen LogP contribution in [0, 0.1) is 0 Å². The van der Waals surface area contributed by atoms with E-state index >= 15 is 0 Å². The highest BCUT2D eigenvalue weighted by atomic mass is 16.4. The van der Waals surface area contributed by atoms with Gasteiger partial charge in [-0.25, -0.2) is 4.79 Å². The number of carboxylic acid groups (broad SMARTS) is 1. The molecule has 2 atom stereocenters. The zero-order chi connectivity index (χ0) is 11.9. The van der Waals surface area contributed by atoms with Gasteiger partial charge in [-0.15, -0.1) is 0 Å². The minimum atomic E-state index is -0.793. The number of fused-ring (bicyclic) bond motifs is 2. The van der Waals surface area contributed by atoms with Crippen LogP contribution in [-0.4, -0.2) is 33.6 Å². The summed E-state index contributed by atoms with van der Waals surface area (Å²) in [5.74, 6) is -0.793. The predicted octanol–water partition coefficient (Wildman–Crippen LogP) is 2.42. The van der Waals surface area contributed by atoms with Gasteiger partial charge in [0.25, 0.3) is 0 Å². The second-order valence-corrected chi connectivity index (χ2v) is 6.01. The van der Waals surface area contributed by atoms with E-state index in [4.69, 9.17) is 5.11 Å². The van der Waals surface area contributed by atoms with Crippen molar-refractivity contribution in [2.45, 2.75) is 64.1 Å². The van der Waals surface area contributed by atoms with E-state index in [1.54, 1.807) is 0 Å². The van der Waals surface area contributed by atoms with Gasteiger partial charge in [0.1, 0.15) is 0 Å². The van der Waals surface area contributed by atoms with E-state index in [1.165, 1.54) is 18.9 Å². The van der Waals surface area contributed by atoms with Crippen molar-refractivity contribution in [3.8, 4) is 0 Å². The first-order valence-corrected chi connectivity index (χ1v) is 6.09. The first kappa shape index (κ1) is 11.6. The second-order valence-electron chi connectivity index (χ2n) is 6.01. The molecule has 3 nitrogen and oxygen atoms in total. The fraction of sp³-hybridized carbons (Fsp3) is 0.769. The number of carboxylic acids is 1. The molecule has 90 valence electrons. The maximum Gasteiger partial charge on any atom is 0.328 e. The molecule has 0 aliphatic carbocycles. The second kappa shape index (κ2) is 3.88. The van der Waals surface area contributed by atoms with Gasteiger partial charge < -0.3 is 5.11 Å². The van der Waals surface area contributed by atoms with E-state index in [-0.39, 0.29) is 5.54 Å². The van der Waals surface area contributed by atoms with Gasteiger partial charge in [-0.3, -0.25) is 4.90 Å². The Morgan fingerprint density at radius 2 is 1.81 bits per heavy atom. The van der Waals surface area contributed by atoms with Gasteiger partial charge >= 0.3 is 5.97 Å². The van der Waals surface area contributed by atoms with E-state index in [0.717, 1.165) is 18.4 Å². The van der Waals surface area contributed by atoms with Gasteiger partial charge in [0, 0.05) is 23.7 Å². The van der Waals surface area contributed by atoms with E-state index in [2.05, 4.69) is 25.7 Å². The Labute approximate surface area is 97.1 Å². The summed E-state index contributed by atoms with van der Waals surface area (Å²) < 4.78 is 0. The van der Waals surface area contributed by atoms with Crippen LogP contribution in [-0.2, 0) is 4.79 Å². The van der Waals surface area contributed by atoms with Crippen LogP contribution in [0.3, 0.4) is 0 Å². The summed E-state index contributed by atoms with van der Waals surface area (Å²) in [6.45, 7) is 6.76. The topological polar surface area (TPSA) is 40.5 Å². The number of nitrogens with zero attached hydrogens (tertiary/aromatic N) is 1. The Bertz CT molecular complexity index is 311. The van der Waals surface area contributed by atoms with Crippen molar-refractivity contribution in [1.82, 2.24) is 4.90 Å². The lowest BCUT2D eigenvalue weighted by Crippen LogP contribution is -2.51. The minimum absolute atomic E-state index is 0.209. The van der Waals surface area contributed by atoms with E-state index in [1.807, 2.05) is 0 Å². The normalized spacial score (nSPS) is 30.6.